The Morgan fingerprint density at radius 2 is 1.52 bits per heavy atom. The Balaban J connectivity index is 1.67. The summed E-state index contributed by atoms with van der Waals surface area (Å²) in [5.74, 6) is 9.50. The summed E-state index contributed by atoms with van der Waals surface area (Å²) in [6.45, 7) is 0. The lowest BCUT2D eigenvalue weighted by Gasteiger charge is -2.05. The van der Waals surface area contributed by atoms with Crippen molar-refractivity contribution < 1.29 is 14.3 Å². The van der Waals surface area contributed by atoms with Crippen LogP contribution < -0.4 is 10.7 Å². The molecular weight excluding hydrogens is 342 g/mol. The molecule has 0 spiro atoms. The first-order valence-electron chi connectivity index (χ1n) is 7.93. The van der Waals surface area contributed by atoms with Gasteiger partial charge >= 0.3 is 0 Å². The maximum absolute atomic E-state index is 12.1. The number of benzene rings is 2. The van der Waals surface area contributed by atoms with Crippen LogP contribution >= 0.6 is 0 Å². The van der Waals surface area contributed by atoms with Crippen LogP contribution in [0.4, 0.5) is 5.69 Å². The lowest BCUT2D eigenvalue weighted by molar-refractivity contribution is 0.0989. The summed E-state index contributed by atoms with van der Waals surface area (Å²) in [7, 11) is 0. The van der Waals surface area contributed by atoms with Crippen molar-refractivity contribution in [2.75, 3.05) is 5.32 Å². The standard InChI is InChI=1S/C22H13NO4/c24-19-14-15-27-21(20(19)25)22(26)23-18-12-10-17(11-13-18)9-5-4-8-16-6-2-1-3-7-16/h1-3,6-7,10-15,25H,(H,23,26). The van der Waals surface area contributed by atoms with Crippen LogP contribution in [0.15, 0.2) is 76.1 Å². The van der Waals surface area contributed by atoms with Crippen LogP contribution in [0.3, 0.4) is 0 Å². The highest BCUT2D eigenvalue weighted by Gasteiger charge is 2.16. The van der Waals surface area contributed by atoms with Crippen molar-refractivity contribution in [3.05, 3.63) is 94.0 Å². The molecule has 1 aromatic heterocycles. The van der Waals surface area contributed by atoms with E-state index < -0.39 is 22.8 Å². The van der Waals surface area contributed by atoms with Crippen LogP contribution in [0, 0.1) is 23.7 Å². The Bertz CT molecular complexity index is 1140. The van der Waals surface area contributed by atoms with Gasteiger partial charge in [0.1, 0.15) is 0 Å². The third-order valence-electron chi connectivity index (χ3n) is 3.45. The Morgan fingerprint density at radius 3 is 2.19 bits per heavy atom. The first kappa shape index (κ1) is 17.6. The summed E-state index contributed by atoms with van der Waals surface area (Å²) in [6, 6.07) is 17.3. The molecule has 27 heavy (non-hydrogen) atoms. The number of hydrogen-bond acceptors (Lipinski definition) is 4. The van der Waals surface area contributed by atoms with E-state index >= 15 is 0 Å². The lowest BCUT2D eigenvalue weighted by Crippen LogP contribution is -2.14. The molecule has 0 aliphatic heterocycles. The van der Waals surface area contributed by atoms with Gasteiger partial charge in [-0.25, -0.2) is 0 Å². The minimum atomic E-state index is -0.727. The number of carbonyl (C=O) groups excluding carboxylic acids is 1. The van der Waals surface area contributed by atoms with Crippen molar-refractivity contribution in [2.45, 2.75) is 0 Å². The van der Waals surface area contributed by atoms with E-state index in [9.17, 15) is 14.7 Å². The second kappa shape index (κ2) is 8.24. The first-order valence-corrected chi connectivity index (χ1v) is 7.93. The topological polar surface area (TPSA) is 79.5 Å². The van der Waals surface area contributed by atoms with E-state index in [1.807, 2.05) is 30.3 Å². The van der Waals surface area contributed by atoms with Crippen molar-refractivity contribution >= 4 is 11.6 Å². The summed E-state index contributed by atoms with van der Waals surface area (Å²) in [6.07, 6.45) is 1.05. The summed E-state index contributed by atoms with van der Waals surface area (Å²) in [4.78, 5) is 23.4. The van der Waals surface area contributed by atoms with Gasteiger partial charge in [0, 0.05) is 22.9 Å². The maximum atomic E-state index is 12.1. The molecule has 1 heterocycles. The van der Waals surface area contributed by atoms with Crippen molar-refractivity contribution in [3.8, 4) is 29.4 Å². The fraction of sp³-hybridized carbons (Fsp3) is 0. The number of nitrogens with one attached hydrogen (secondary N) is 1. The largest absolute Gasteiger partial charge is 0.501 e. The van der Waals surface area contributed by atoms with Gasteiger partial charge in [0.15, 0.2) is 0 Å². The van der Waals surface area contributed by atoms with Crippen LogP contribution in [0.2, 0.25) is 0 Å². The number of aromatic hydroxyl groups is 1. The highest BCUT2D eigenvalue weighted by Crippen LogP contribution is 2.15. The predicted molar refractivity (Wildman–Crippen MR) is 101 cm³/mol. The predicted octanol–water partition coefficient (Wildman–Crippen LogP) is 3.00. The quantitative estimate of drug-likeness (QED) is 0.693. The van der Waals surface area contributed by atoms with Gasteiger partial charge in [-0.1, -0.05) is 30.0 Å². The molecule has 0 aliphatic carbocycles. The Morgan fingerprint density at radius 1 is 0.889 bits per heavy atom. The van der Waals surface area contributed by atoms with E-state index in [-0.39, 0.29) is 0 Å². The maximum Gasteiger partial charge on any atom is 0.295 e. The number of amides is 1. The normalized spacial score (nSPS) is 9.33. The molecule has 0 atom stereocenters. The van der Waals surface area contributed by atoms with E-state index in [1.165, 1.54) is 0 Å². The van der Waals surface area contributed by atoms with Gasteiger partial charge in [-0.3, -0.25) is 9.59 Å². The summed E-state index contributed by atoms with van der Waals surface area (Å²) >= 11 is 0. The van der Waals surface area contributed by atoms with E-state index in [0.717, 1.165) is 23.5 Å². The third kappa shape index (κ3) is 4.66. The summed E-state index contributed by atoms with van der Waals surface area (Å²) in [5.41, 5.74) is 1.39. The molecule has 130 valence electrons. The van der Waals surface area contributed by atoms with E-state index in [1.54, 1.807) is 24.3 Å². The molecule has 0 saturated carbocycles. The van der Waals surface area contributed by atoms with Gasteiger partial charge in [-0.05, 0) is 48.2 Å². The van der Waals surface area contributed by atoms with Gasteiger partial charge in [0.2, 0.25) is 16.9 Å². The SMILES string of the molecule is O=C(Nc1ccc(C#CC#Cc2ccccc2)cc1)c1occc(=O)c1O. The lowest BCUT2D eigenvalue weighted by atomic mass is 10.2. The fourth-order valence-corrected chi connectivity index (χ4v) is 2.12. The summed E-state index contributed by atoms with van der Waals surface area (Å²) in [5, 5.41) is 12.1. The van der Waals surface area contributed by atoms with Gasteiger partial charge in [-0.2, -0.15) is 0 Å². The number of rotatable bonds is 2. The molecule has 2 N–H and O–H groups in total. The Hall–Kier alpha value is -4.22. The smallest absolute Gasteiger partial charge is 0.295 e. The molecular formula is C22H13NO4. The second-order valence-electron chi connectivity index (χ2n) is 5.36. The summed E-state index contributed by atoms with van der Waals surface area (Å²) < 4.78 is 4.90. The zero-order valence-electron chi connectivity index (χ0n) is 14.0. The van der Waals surface area contributed by atoms with Gasteiger partial charge in [0.25, 0.3) is 5.91 Å². The average Bonchev–Trinajstić information content (AvgIpc) is 2.69. The molecule has 2 aromatic carbocycles. The Labute approximate surface area is 155 Å². The average molecular weight is 355 g/mol. The zero-order chi connectivity index (χ0) is 19.1. The molecule has 0 aliphatic rings. The number of anilines is 1. The molecule has 0 fully saturated rings. The van der Waals surface area contributed by atoms with Crippen LogP contribution in [-0.2, 0) is 0 Å². The molecule has 0 unspecified atom stereocenters. The van der Waals surface area contributed by atoms with Crippen molar-refractivity contribution in [3.63, 3.8) is 0 Å². The van der Waals surface area contributed by atoms with Gasteiger partial charge in [-0.15, -0.1) is 0 Å². The molecule has 0 radical (unpaired) electrons. The number of carbonyl (C=O) groups is 1. The van der Waals surface area contributed by atoms with E-state index in [0.29, 0.717) is 5.69 Å². The monoisotopic (exact) mass is 355 g/mol. The van der Waals surface area contributed by atoms with E-state index in [2.05, 4.69) is 29.0 Å². The molecule has 0 saturated heterocycles. The third-order valence-corrected chi connectivity index (χ3v) is 3.45. The fourth-order valence-electron chi connectivity index (χ4n) is 2.12. The van der Waals surface area contributed by atoms with Crippen molar-refractivity contribution in [1.29, 1.82) is 0 Å². The second-order valence-corrected chi connectivity index (χ2v) is 5.36. The van der Waals surface area contributed by atoms with E-state index in [4.69, 9.17) is 4.42 Å². The molecule has 5 nitrogen and oxygen atoms in total. The molecule has 3 aromatic rings. The highest BCUT2D eigenvalue weighted by molar-refractivity contribution is 6.03. The van der Waals surface area contributed by atoms with Crippen LogP contribution in [0.25, 0.3) is 0 Å². The number of hydrogen-bond donors (Lipinski definition) is 2. The first-order chi connectivity index (χ1) is 13.1. The molecule has 5 heteroatoms. The molecule has 0 bridgehead atoms. The van der Waals surface area contributed by atoms with Crippen LogP contribution in [0.5, 0.6) is 5.75 Å². The zero-order valence-corrected chi connectivity index (χ0v) is 14.0. The molecule has 1 amide bonds. The van der Waals surface area contributed by atoms with Crippen LogP contribution in [0.1, 0.15) is 21.7 Å². The van der Waals surface area contributed by atoms with Crippen molar-refractivity contribution in [1.82, 2.24) is 0 Å². The van der Waals surface area contributed by atoms with Gasteiger partial charge < -0.3 is 14.8 Å². The highest BCUT2D eigenvalue weighted by atomic mass is 16.4. The Kier molecular flexibility index (Phi) is 5.37. The molecule has 3 rings (SSSR count). The van der Waals surface area contributed by atoms with Crippen LogP contribution in [-0.4, -0.2) is 11.0 Å². The minimum Gasteiger partial charge on any atom is -0.501 e. The van der Waals surface area contributed by atoms with Crippen molar-refractivity contribution in [2.24, 2.45) is 0 Å². The minimum absolute atomic E-state index is 0.442. The van der Waals surface area contributed by atoms with Gasteiger partial charge in [0.05, 0.1) is 6.26 Å².